The van der Waals surface area contributed by atoms with Crippen molar-refractivity contribution in [2.75, 3.05) is 5.32 Å². The Morgan fingerprint density at radius 1 is 1.19 bits per heavy atom. The molecule has 0 saturated heterocycles. The van der Waals surface area contributed by atoms with Gasteiger partial charge in [0.25, 0.3) is 5.91 Å². The van der Waals surface area contributed by atoms with Gasteiger partial charge in [-0.15, -0.1) is 0 Å². The number of hydrogen-bond donors (Lipinski definition) is 2. The fourth-order valence-electron chi connectivity index (χ4n) is 3.00. The third-order valence-corrected chi connectivity index (χ3v) is 10.6. The van der Waals surface area contributed by atoms with Gasteiger partial charge in [0.2, 0.25) is 0 Å². The number of halogens is 2. The predicted molar refractivity (Wildman–Crippen MR) is 125 cm³/mol. The number of pyridine rings is 1. The number of imidazole rings is 1. The first-order chi connectivity index (χ1) is 14.2. The molecule has 3 rings (SSSR count). The molecule has 0 unspecified atom stereocenters. The fraction of sp³-hybridized carbons (Fsp3) is 0.409. The van der Waals surface area contributed by atoms with E-state index in [9.17, 15) is 9.18 Å². The summed E-state index contributed by atoms with van der Waals surface area (Å²) in [4.78, 5) is 25.0. The van der Waals surface area contributed by atoms with Crippen molar-refractivity contribution < 1.29 is 13.6 Å². The zero-order valence-corrected chi connectivity index (χ0v) is 20.6. The highest BCUT2D eigenvalue weighted by atomic mass is 35.5. The summed E-state index contributed by atoms with van der Waals surface area (Å²) in [6.07, 6.45) is 1.53. The van der Waals surface area contributed by atoms with Gasteiger partial charge in [0, 0.05) is 11.9 Å². The van der Waals surface area contributed by atoms with Gasteiger partial charge in [-0.05, 0) is 56.2 Å². The maximum absolute atomic E-state index is 13.4. The second kappa shape index (κ2) is 8.00. The molecule has 1 aromatic carbocycles. The Kier molecular flexibility index (Phi) is 6.03. The van der Waals surface area contributed by atoms with Crippen molar-refractivity contribution in [3.8, 4) is 0 Å². The van der Waals surface area contributed by atoms with E-state index in [1.807, 2.05) is 13.8 Å². The summed E-state index contributed by atoms with van der Waals surface area (Å²) in [5.74, 6) is -0.327. The zero-order valence-electron chi connectivity index (χ0n) is 18.9. The van der Waals surface area contributed by atoms with Crippen LogP contribution in [0.4, 0.5) is 10.1 Å². The van der Waals surface area contributed by atoms with Gasteiger partial charge in [-0.1, -0.05) is 32.4 Å². The largest absolute Gasteiger partial charge is 0.405 e. The van der Waals surface area contributed by atoms with Gasteiger partial charge >= 0.3 is 0 Å². The molecule has 0 bridgehead atoms. The summed E-state index contributed by atoms with van der Waals surface area (Å²) in [6, 6.07) is 5.62. The van der Waals surface area contributed by atoms with E-state index < -0.39 is 19.7 Å². The number of hydrogen-bond acceptors (Lipinski definition) is 4. The predicted octanol–water partition coefficient (Wildman–Crippen LogP) is 6.26. The van der Waals surface area contributed by atoms with E-state index in [-0.39, 0.29) is 16.0 Å². The SMILES string of the molecule is CC(C)(O[Si](C)(C)C(C)(C)C)c1nc2nccc(C(=O)Nc3ccc(F)c(Cl)c3)c2[nH]1. The molecule has 0 radical (unpaired) electrons. The minimum Gasteiger partial charge on any atom is -0.405 e. The highest BCUT2D eigenvalue weighted by molar-refractivity contribution is 6.74. The number of nitrogens with zero attached hydrogens (tertiary/aromatic N) is 2. The summed E-state index contributed by atoms with van der Waals surface area (Å²) in [7, 11) is -2.07. The number of aromatic nitrogens is 3. The molecular formula is C22H28ClFN4O2Si. The topological polar surface area (TPSA) is 79.9 Å². The van der Waals surface area contributed by atoms with Crippen molar-refractivity contribution in [1.82, 2.24) is 15.0 Å². The lowest BCUT2D eigenvalue weighted by Gasteiger charge is -2.41. The van der Waals surface area contributed by atoms with E-state index in [0.717, 1.165) is 0 Å². The number of carbonyl (C=O) groups excluding carboxylic acids is 1. The average molecular weight is 463 g/mol. The number of nitrogens with one attached hydrogen (secondary N) is 2. The van der Waals surface area contributed by atoms with Gasteiger partial charge in [-0.25, -0.2) is 14.4 Å². The maximum Gasteiger partial charge on any atom is 0.257 e. The summed E-state index contributed by atoms with van der Waals surface area (Å²) >= 11 is 5.81. The van der Waals surface area contributed by atoms with Gasteiger partial charge in [-0.3, -0.25) is 4.79 Å². The van der Waals surface area contributed by atoms with Crippen LogP contribution in [0.25, 0.3) is 11.2 Å². The number of H-pyrrole nitrogens is 1. The van der Waals surface area contributed by atoms with Gasteiger partial charge in [0.1, 0.15) is 17.2 Å². The summed E-state index contributed by atoms with van der Waals surface area (Å²) in [5.41, 5.74) is 0.999. The molecule has 0 saturated carbocycles. The first-order valence-corrected chi connectivity index (χ1v) is 13.3. The molecule has 0 atom stereocenters. The number of anilines is 1. The molecule has 6 nitrogen and oxygen atoms in total. The summed E-state index contributed by atoms with van der Waals surface area (Å²) in [5, 5.41) is 2.71. The van der Waals surface area contributed by atoms with Gasteiger partial charge in [-0.2, -0.15) is 0 Å². The highest BCUT2D eigenvalue weighted by Gasteiger charge is 2.43. The van der Waals surface area contributed by atoms with Gasteiger partial charge in [0.05, 0.1) is 16.1 Å². The van der Waals surface area contributed by atoms with Crippen molar-refractivity contribution >= 4 is 42.7 Å². The third-order valence-electron chi connectivity index (χ3n) is 5.70. The number of amides is 1. The molecule has 2 aromatic heterocycles. The monoisotopic (exact) mass is 462 g/mol. The van der Waals surface area contributed by atoms with Crippen molar-refractivity contribution in [1.29, 1.82) is 0 Å². The Morgan fingerprint density at radius 3 is 2.48 bits per heavy atom. The first kappa shape index (κ1) is 23.4. The molecule has 1 amide bonds. The van der Waals surface area contributed by atoms with E-state index in [4.69, 9.17) is 16.0 Å². The molecule has 2 N–H and O–H groups in total. The minimum absolute atomic E-state index is 0.0377. The molecule has 2 heterocycles. The third kappa shape index (κ3) is 4.81. The number of aromatic amines is 1. The number of fused-ring (bicyclic) bond motifs is 1. The molecule has 0 aliphatic heterocycles. The van der Waals surface area contributed by atoms with Crippen molar-refractivity contribution in [3.63, 3.8) is 0 Å². The standard InChI is InChI=1S/C22H28ClFN4O2Si/c1-21(2,3)31(6,7)30-22(4,5)20-27-17-14(10-11-25-18(17)28-20)19(29)26-13-8-9-16(24)15(23)12-13/h8-12H,1-7H3,(H,26,29)(H,25,27,28). The smallest absolute Gasteiger partial charge is 0.257 e. The van der Waals surface area contributed by atoms with Crippen LogP contribution in [-0.4, -0.2) is 29.2 Å². The van der Waals surface area contributed by atoms with E-state index >= 15 is 0 Å². The number of rotatable bonds is 5. The number of benzene rings is 1. The summed E-state index contributed by atoms with van der Waals surface area (Å²) < 4.78 is 20.0. The normalized spacial score (nSPS) is 12.9. The lowest BCUT2D eigenvalue weighted by Crippen LogP contribution is -2.46. The Hall–Kier alpha value is -2.29. The van der Waals surface area contributed by atoms with Gasteiger partial charge in [0.15, 0.2) is 14.0 Å². The fourth-order valence-corrected chi connectivity index (χ4v) is 4.86. The highest BCUT2D eigenvalue weighted by Crippen LogP contribution is 2.41. The second-order valence-electron chi connectivity index (χ2n) is 9.60. The van der Waals surface area contributed by atoms with Crippen LogP contribution >= 0.6 is 11.6 Å². The molecule has 0 aliphatic carbocycles. The van der Waals surface area contributed by atoms with Crippen LogP contribution in [0.2, 0.25) is 23.2 Å². The zero-order chi connectivity index (χ0) is 23.2. The van der Waals surface area contributed by atoms with E-state index in [2.05, 4.69) is 54.1 Å². The van der Waals surface area contributed by atoms with Crippen molar-refractivity contribution in [3.05, 3.63) is 52.7 Å². The van der Waals surface area contributed by atoms with Crippen molar-refractivity contribution in [2.45, 2.75) is 58.4 Å². The molecule has 0 aliphatic rings. The minimum atomic E-state index is -2.07. The van der Waals surface area contributed by atoms with Crippen LogP contribution in [0.1, 0.15) is 50.8 Å². The van der Waals surface area contributed by atoms with E-state index in [1.54, 1.807) is 6.07 Å². The molecule has 0 spiro atoms. The van der Waals surface area contributed by atoms with Crippen LogP contribution in [0.3, 0.4) is 0 Å². The average Bonchev–Trinajstić information content (AvgIpc) is 3.08. The van der Waals surface area contributed by atoms with Crippen LogP contribution in [0.15, 0.2) is 30.5 Å². The Balaban J connectivity index is 1.94. The molecule has 0 fully saturated rings. The van der Waals surface area contributed by atoms with Gasteiger partial charge < -0.3 is 14.7 Å². The van der Waals surface area contributed by atoms with Crippen LogP contribution in [-0.2, 0) is 10.0 Å². The lowest BCUT2D eigenvalue weighted by atomic mass is 10.1. The quantitative estimate of drug-likeness (QED) is 0.438. The molecule has 166 valence electrons. The van der Waals surface area contributed by atoms with Crippen LogP contribution < -0.4 is 5.32 Å². The summed E-state index contributed by atoms with van der Waals surface area (Å²) in [6.45, 7) is 14.8. The molecular weight excluding hydrogens is 435 g/mol. The molecule has 31 heavy (non-hydrogen) atoms. The van der Waals surface area contributed by atoms with E-state index in [0.29, 0.717) is 28.2 Å². The second-order valence-corrected chi connectivity index (χ2v) is 14.7. The lowest BCUT2D eigenvalue weighted by molar-refractivity contribution is 0.0818. The van der Waals surface area contributed by atoms with E-state index in [1.165, 1.54) is 24.4 Å². The molecule has 3 aromatic rings. The Bertz CT molecular complexity index is 1140. The molecule has 9 heteroatoms. The Morgan fingerprint density at radius 2 is 1.87 bits per heavy atom. The van der Waals surface area contributed by atoms with Crippen molar-refractivity contribution in [2.24, 2.45) is 0 Å². The van der Waals surface area contributed by atoms with Crippen LogP contribution in [0, 0.1) is 5.82 Å². The van der Waals surface area contributed by atoms with Crippen LogP contribution in [0.5, 0.6) is 0 Å². The first-order valence-electron chi connectivity index (χ1n) is 10.0. The Labute approximate surface area is 187 Å². The number of carbonyl (C=O) groups is 1. The maximum atomic E-state index is 13.4.